The summed E-state index contributed by atoms with van der Waals surface area (Å²) in [5, 5.41) is 13.4. The minimum Gasteiger partial charge on any atom is -0.488 e. The first-order chi connectivity index (χ1) is 14.9. The van der Waals surface area contributed by atoms with Crippen molar-refractivity contribution < 1.29 is 9.53 Å². The Morgan fingerprint density at radius 2 is 1.77 bits per heavy atom. The summed E-state index contributed by atoms with van der Waals surface area (Å²) in [7, 11) is 0. The summed E-state index contributed by atoms with van der Waals surface area (Å²) in [5.74, 6) is 0.158. The first kappa shape index (κ1) is 23.4. The van der Waals surface area contributed by atoms with Gasteiger partial charge in [-0.05, 0) is 82.3 Å². The fourth-order valence-corrected chi connectivity index (χ4v) is 3.67. The van der Waals surface area contributed by atoms with Crippen LogP contribution in [0.1, 0.15) is 11.1 Å². The lowest BCUT2D eigenvalue weighted by molar-refractivity contribution is -0.112. The highest BCUT2D eigenvalue weighted by molar-refractivity contribution is 14.1. The molecule has 0 radical (unpaired) electrons. The highest BCUT2D eigenvalue weighted by Crippen LogP contribution is 2.26. The van der Waals surface area contributed by atoms with Gasteiger partial charge in [0.15, 0.2) is 0 Å². The third kappa shape index (κ3) is 6.62. The van der Waals surface area contributed by atoms with Gasteiger partial charge < -0.3 is 10.1 Å². The van der Waals surface area contributed by atoms with Crippen LogP contribution in [0.15, 0.2) is 66.2 Å². The van der Waals surface area contributed by atoms with E-state index < -0.39 is 5.91 Å². The topological polar surface area (TPSA) is 62.1 Å². The number of ether oxygens (including phenoxy) is 1. The summed E-state index contributed by atoms with van der Waals surface area (Å²) in [5.41, 5.74) is 2.09. The summed E-state index contributed by atoms with van der Waals surface area (Å²) in [6, 6.07) is 19.5. The molecule has 1 amide bonds. The molecule has 4 nitrogen and oxygen atoms in total. The van der Waals surface area contributed by atoms with E-state index in [1.54, 1.807) is 24.3 Å². The zero-order valence-corrected chi connectivity index (χ0v) is 20.3. The lowest BCUT2D eigenvalue weighted by Gasteiger charge is -2.09. The zero-order chi connectivity index (χ0) is 22.4. The van der Waals surface area contributed by atoms with Gasteiger partial charge in [0.2, 0.25) is 0 Å². The number of benzene rings is 3. The van der Waals surface area contributed by atoms with E-state index in [0.717, 1.165) is 9.13 Å². The Kier molecular flexibility index (Phi) is 8.22. The maximum absolute atomic E-state index is 12.5. The minimum absolute atomic E-state index is 0.0447. The van der Waals surface area contributed by atoms with Crippen LogP contribution in [0.5, 0.6) is 5.75 Å². The number of halogens is 4. The number of carbonyl (C=O) groups excluding carboxylic acids is 1. The molecular weight excluding hydrogens is 570 g/mol. The van der Waals surface area contributed by atoms with Crippen LogP contribution in [0.4, 0.5) is 5.69 Å². The molecule has 0 bridgehead atoms. The number of nitriles is 1. The van der Waals surface area contributed by atoms with E-state index in [1.165, 1.54) is 12.1 Å². The van der Waals surface area contributed by atoms with E-state index in [1.807, 2.05) is 36.4 Å². The molecule has 156 valence electrons. The number of hydrogen-bond donors (Lipinski definition) is 1. The highest BCUT2D eigenvalue weighted by Gasteiger charge is 2.11. The van der Waals surface area contributed by atoms with Crippen molar-refractivity contribution in [1.29, 1.82) is 5.26 Å². The number of nitrogens with one attached hydrogen (secondary N) is 1. The van der Waals surface area contributed by atoms with Crippen molar-refractivity contribution in [2.75, 3.05) is 5.32 Å². The van der Waals surface area contributed by atoms with Crippen LogP contribution in [0, 0.1) is 14.9 Å². The van der Waals surface area contributed by atoms with E-state index in [-0.39, 0.29) is 5.57 Å². The van der Waals surface area contributed by atoms with Crippen LogP contribution in [-0.4, -0.2) is 5.91 Å². The summed E-state index contributed by atoms with van der Waals surface area (Å²) >= 11 is 19.9. The van der Waals surface area contributed by atoms with Gasteiger partial charge in [-0.1, -0.05) is 53.0 Å². The number of rotatable bonds is 6. The molecule has 0 aliphatic carbocycles. The number of anilines is 1. The van der Waals surface area contributed by atoms with Crippen LogP contribution in [0.25, 0.3) is 6.08 Å². The standard InChI is InChI=1S/C23H14Cl3IN2O2/c24-17-4-1-14(2-5-17)13-31-22-8-3-15(10-21(22)27)9-16(12-28)23(30)29-18-6-7-19(25)20(26)11-18/h1-11H,13H2,(H,29,30)/b16-9+. The first-order valence-corrected chi connectivity index (χ1v) is 11.1. The molecule has 8 heteroatoms. The van der Waals surface area contributed by atoms with E-state index in [2.05, 4.69) is 27.9 Å². The molecule has 0 aromatic heterocycles. The molecule has 0 aliphatic heterocycles. The smallest absolute Gasteiger partial charge is 0.266 e. The second kappa shape index (κ2) is 10.9. The van der Waals surface area contributed by atoms with E-state index in [4.69, 9.17) is 39.5 Å². The van der Waals surface area contributed by atoms with Gasteiger partial charge in [-0.3, -0.25) is 4.79 Å². The molecular formula is C23H14Cl3IN2O2. The van der Waals surface area contributed by atoms with Crippen molar-refractivity contribution in [2.24, 2.45) is 0 Å². The monoisotopic (exact) mass is 582 g/mol. The number of hydrogen-bond acceptors (Lipinski definition) is 3. The molecule has 0 spiro atoms. The molecule has 0 saturated carbocycles. The summed E-state index contributed by atoms with van der Waals surface area (Å²) in [4.78, 5) is 12.5. The summed E-state index contributed by atoms with van der Waals surface area (Å²) in [6.45, 7) is 0.401. The van der Waals surface area contributed by atoms with Gasteiger partial charge in [-0.25, -0.2) is 0 Å². The summed E-state index contributed by atoms with van der Waals surface area (Å²) in [6.07, 6.45) is 1.51. The van der Waals surface area contributed by atoms with Crippen molar-refractivity contribution in [3.8, 4) is 11.8 Å². The van der Waals surface area contributed by atoms with E-state index >= 15 is 0 Å². The van der Waals surface area contributed by atoms with Crippen molar-refractivity contribution >= 4 is 75.1 Å². The van der Waals surface area contributed by atoms with Gasteiger partial charge in [0.25, 0.3) is 5.91 Å². The van der Waals surface area contributed by atoms with Crippen molar-refractivity contribution in [3.63, 3.8) is 0 Å². The van der Waals surface area contributed by atoms with Crippen molar-refractivity contribution in [2.45, 2.75) is 6.61 Å². The van der Waals surface area contributed by atoms with Crippen LogP contribution in [-0.2, 0) is 11.4 Å². The quantitative estimate of drug-likeness (QED) is 0.187. The minimum atomic E-state index is -0.543. The van der Waals surface area contributed by atoms with Gasteiger partial charge in [-0.2, -0.15) is 5.26 Å². The number of nitrogens with zero attached hydrogens (tertiary/aromatic N) is 1. The zero-order valence-electron chi connectivity index (χ0n) is 15.8. The van der Waals surface area contributed by atoms with Crippen LogP contribution >= 0.6 is 57.4 Å². The number of amides is 1. The Labute approximate surface area is 208 Å². The molecule has 0 fully saturated rings. The molecule has 0 aliphatic rings. The Morgan fingerprint density at radius 3 is 2.42 bits per heavy atom. The SMILES string of the molecule is N#C/C(=C\c1ccc(OCc2ccc(Cl)cc2)c(I)c1)C(=O)Nc1ccc(Cl)c(Cl)c1. The average Bonchev–Trinajstić information content (AvgIpc) is 2.75. The molecule has 1 N–H and O–H groups in total. The second-order valence-electron chi connectivity index (χ2n) is 6.36. The normalized spacial score (nSPS) is 11.0. The van der Waals surface area contributed by atoms with Gasteiger partial charge in [0, 0.05) is 10.7 Å². The molecule has 31 heavy (non-hydrogen) atoms. The molecule has 3 aromatic carbocycles. The van der Waals surface area contributed by atoms with E-state index in [0.29, 0.717) is 38.7 Å². The van der Waals surface area contributed by atoms with Gasteiger partial charge in [-0.15, -0.1) is 0 Å². The molecule has 0 saturated heterocycles. The molecule has 3 rings (SSSR count). The summed E-state index contributed by atoms with van der Waals surface area (Å²) < 4.78 is 6.71. The third-order valence-corrected chi connectivity index (χ3v) is 5.95. The van der Waals surface area contributed by atoms with Crippen LogP contribution in [0.3, 0.4) is 0 Å². The largest absolute Gasteiger partial charge is 0.488 e. The molecule has 0 unspecified atom stereocenters. The fraction of sp³-hybridized carbons (Fsp3) is 0.0435. The Bertz CT molecular complexity index is 1190. The fourth-order valence-electron chi connectivity index (χ4n) is 2.55. The predicted octanol–water partition coefficient (Wildman–Crippen LogP) is 7.38. The van der Waals surface area contributed by atoms with Crippen molar-refractivity contribution in [1.82, 2.24) is 0 Å². The van der Waals surface area contributed by atoms with Crippen LogP contribution in [0.2, 0.25) is 15.1 Å². The second-order valence-corrected chi connectivity index (χ2v) is 8.77. The maximum Gasteiger partial charge on any atom is 0.266 e. The lowest BCUT2D eigenvalue weighted by Crippen LogP contribution is -2.13. The predicted molar refractivity (Wildman–Crippen MR) is 134 cm³/mol. The Morgan fingerprint density at radius 1 is 1.03 bits per heavy atom. The van der Waals surface area contributed by atoms with E-state index in [9.17, 15) is 10.1 Å². The average molecular weight is 584 g/mol. The van der Waals surface area contributed by atoms with Crippen LogP contribution < -0.4 is 10.1 Å². The Balaban J connectivity index is 1.70. The molecule has 0 heterocycles. The Hall–Kier alpha value is -2.24. The maximum atomic E-state index is 12.5. The number of carbonyl (C=O) groups is 1. The molecule has 3 aromatic rings. The molecule has 0 atom stereocenters. The van der Waals surface area contributed by atoms with Crippen molar-refractivity contribution in [3.05, 3.63) is 96.0 Å². The lowest BCUT2D eigenvalue weighted by atomic mass is 10.1. The first-order valence-electron chi connectivity index (χ1n) is 8.90. The van der Waals surface area contributed by atoms with Gasteiger partial charge >= 0.3 is 0 Å². The van der Waals surface area contributed by atoms with Gasteiger partial charge in [0.1, 0.15) is 24.0 Å². The highest BCUT2D eigenvalue weighted by atomic mass is 127. The van der Waals surface area contributed by atoms with Gasteiger partial charge in [0.05, 0.1) is 13.6 Å². The third-order valence-electron chi connectivity index (χ3n) is 4.12.